The van der Waals surface area contributed by atoms with E-state index in [1.807, 2.05) is 6.08 Å². The van der Waals surface area contributed by atoms with Gasteiger partial charge in [-0.3, -0.25) is 4.79 Å². The molecular formula is C46H79NO8. The van der Waals surface area contributed by atoms with Crippen LogP contribution in [0, 0.1) is 0 Å². The normalized spacial score (nSPS) is 22.1. The van der Waals surface area contributed by atoms with Crippen molar-refractivity contribution >= 4 is 5.91 Å². The highest BCUT2D eigenvalue weighted by Crippen LogP contribution is 2.22. The predicted molar refractivity (Wildman–Crippen MR) is 225 cm³/mol. The van der Waals surface area contributed by atoms with Gasteiger partial charge in [0.05, 0.1) is 25.4 Å². The maximum atomic E-state index is 12.9. The number of nitrogens with one attached hydrogen (secondary N) is 1. The Morgan fingerprint density at radius 2 is 1.13 bits per heavy atom. The molecule has 6 N–H and O–H groups in total. The first-order chi connectivity index (χ1) is 26.8. The number of allylic oxidation sites excluding steroid dienone is 11. The third-order valence-electron chi connectivity index (χ3n) is 9.79. The molecule has 7 unspecified atom stereocenters. The van der Waals surface area contributed by atoms with E-state index in [2.05, 4.69) is 79.9 Å². The molecule has 1 saturated heterocycles. The van der Waals surface area contributed by atoms with Gasteiger partial charge < -0.3 is 40.3 Å². The van der Waals surface area contributed by atoms with Crippen LogP contribution >= 0.6 is 0 Å². The molecule has 0 aliphatic carbocycles. The molecule has 1 amide bonds. The molecule has 1 heterocycles. The Hall–Kier alpha value is -2.37. The molecule has 0 saturated carbocycles. The highest BCUT2D eigenvalue weighted by Gasteiger charge is 2.44. The Morgan fingerprint density at radius 3 is 1.67 bits per heavy atom. The lowest BCUT2D eigenvalue weighted by Gasteiger charge is -2.40. The fraction of sp³-hybridized carbons (Fsp3) is 0.717. The average molecular weight is 774 g/mol. The Kier molecular flexibility index (Phi) is 33.2. The van der Waals surface area contributed by atoms with Crippen molar-refractivity contribution in [3.05, 3.63) is 72.9 Å². The molecule has 0 spiro atoms. The van der Waals surface area contributed by atoms with Crippen LogP contribution in [-0.4, -0.2) is 87.5 Å². The fourth-order valence-corrected chi connectivity index (χ4v) is 6.30. The molecule has 1 fully saturated rings. The van der Waals surface area contributed by atoms with Crippen LogP contribution in [0.25, 0.3) is 0 Å². The smallest absolute Gasteiger partial charge is 0.220 e. The van der Waals surface area contributed by atoms with Gasteiger partial charge in [-0.2, -0.15) is 0 Å². The first-order valence-corrected chi connectivity index (χ1v) is 21.7. The van der Waals surface area contributed by atoms with Crippen LogP contribution in [0.5, 0.6) is 0 Å². The number of amides is 1. The van der Waals surface area contributed by atoms with E-state index < -0.39 is 49.5 Å². The summed E-state index contributed by atoms with van der Waals surface area (Å²) in [6, 6.07) is -0.812. The second kappa shape index (κ2) is 36.0. The number of aliphatic hydroxyl groups excluding tert-OH is 5. The zero-order valence-electron chi connectivity index (χ0n) is 34.4. The minimum atomic E-state index is -1.57. The van der Waals surface area contributed by atoms with Crippen molar-refractivity contribution < 1.29 is 39.8 Å². The molecule has 1 rings (SSSR count). The van der Waals surface area contributed by atoms with E-state index in [1.54, 1.807) is 6.08 Å². The van der Waals surface area contributed by atoms with Gasteiger partial charge >= 0.3 is 0 Å². The molecule has 9 nitrogen and oxygen atoms in total. The van der Waals surface area contributed by atoms with Crippen molar-refractivity contribution in [1.82, 2.24) is 5.32 Å². The van der Waals surface area contributed by atoms with Gasteiger partial charge in [-0.15, -0.1) is 0 Å². The number of aliphatic hydroxyl groups is 5. The van der Waals surface area contributed by atoms with Gasteiger partial charge in [-0.25, -0.2) is 0 Å². The topological polar surface area (TPSA) is 149 Å². The molecule has 7 atom stereocenters. The van der Waals surface area contributed by atoms with Gasteiger partial charge in [0.2, 0.25) is 5.91 Å². The quantitative estimate of drug-likeness (QED) is 0.0281. The Morgan fingerprint density at radius 1 is 0.636 bits per heavy atom. The van der Waals surface area contributed by atoms with Crippen LogP contribution in [-0.2, 0) is 14.3 Å². The summed E-state index contributed by atoms with van der Waals surface area (Å²) in [5.74, 6) is -0.195. The van der Waals surface area contributed by atoms with E-state index in [9.17, 15) is 30.3 Å². The number of unbranched alkanes of at least 4 members (excludes halogenated alkanes) is 14. The summed E-state index contributed by atoms with van der Waals surface area (Å²) in [7, 11) is 0. The maximum Gasteiger partial charge on any atom is 0.220 e. The van der Waals surface area contributed by atoms with Crippen LogP contribution in [0.3, 0.4) is 0 Å². The van der Waals surface area contributed by atoms with Crippen molar-refractivity contribution in [3.8, 4) is 0 Å². The summed E-state index contributed by atoms with van der Waals surface area (Å²) in [4.78, 5) is 12.9. The number of rotatable bonds is 34. The van der Waals surface area contributed by atoms with E-state index in [1.165, 1.54) is 51.4 Å². The predicted octanol–water partition coefficient (Wildman–Crippen LogP) is 8.61. The molecule has 0 radical (unpaired) electrons. The monoisotopic (exact) mass is 774 g/mol. The lowest BCUT2D eigenvalue weighted by Crippen LogP contribution is -2.60. The molecule has 55 heavy (non-hydrogen) atoms. The Labute approximate surface area is 334 Å². The molecule has 0 aromatic rings. The van der Waals surface area contributed by atoms with E-state index in [0.29, 0.717) is 6.42 Å². The van der Waals surface area contributed by atoms with E-state index in [-0.39, 0.29) is 12.5 Å². The second-order valence-electron chi connectivity index (χ2n) is 14.8. The largest absolute Gasteiger partial charge is 0.394 e. The minimum Gasteiger partial charge on any atom is -0.394 e. The van der Waals surface area contributed by atoms with Crippen molar-refractivity contribution in [2.45, 2.75) is 198 Å². The van der Waals surface area contributed by atoms with E-state index in [4.69, 9.17) is 9.47 Å². The standard InChI is InChI=1S/C46H79NO8/c1-3-5-7-9-11-13-14-15-16-17-18-19-20-21-22-23-24-25-26-28-30-32-34-36-42(50)47-39(40(49)35-33-31-29-27-12-10-8-6-4-2)38-54-46-45(53)44(52)43(51)41(37-48)55-46/h5,7,11,13,15-16,18-19,21-22,33,35,39-41,43-46,48-49,51-53H,3-4,6,8-10,12,14,17,20,23-32,34,36-38H2,1-2H3,(H,47,50)/b7-5-,13-11-,16-15-,19-18-,22-21-,35-33+. The van der Waals surface area contributed by atoms with Gasteiger partial charge in [0.1, 0.15) is 24.4 Å². The van der Waals surface area contributed by atoms with Crippen LogP contribution in [0.2, 0.25) is 0 Å². The van der Waals surface area contributed by atoms with Gasteiger partial charge in [0.25, 0.3) is 0 Å². The molecule has 1 aliphatic rings. The first kappa shape index (κ1) is 50.6. The van der Waals surface area contributed by atoms with Gasteiger partial charge in [-0.05, 0) is 64.2 Å². The number of carbonyl (C=O) groups is 1. The number of ether oxygens (including phenoxy) is 2. The average Bonchev–Trinajstić information content (AvgIpc) is 3.18. The lowest BCUT2D eigenvalue weighted by molar-refractivity contribution is -0.302. The van der Waals surface area contributed by atoms with Crippen molar-refractivity contribution in [1.29, 1.82) is 0 Å². The molecular weight excluding hydrogens is 695 g/mol. The molecule has 0 bridgehead atoms. The molecule has 316 valence electrons. The summed E-state index contributed by atoms with van der Waals surface area (Å²) in [5, 5.41) is 53.9. The zero-order valence-corrected chi connectivity index (χ0v) is 34.4. The summed E-state index contributed by atoms with van der Waals surface area (Å²) in [6.07, 6.45) is 40.9. The maximum absolute atomic E-state index is 12.9. The van der Waals surface area contributed by atoms with Gasteiger partial charge in [-0.1, -0.05) is 157 Å². The zero-order chi connectivity index (χ0) is 40.2. The molecule has 0 aromatic carbocycles. The highest BCUT2D eigenvalue weighted by molar-refractivity contribution is 5.76. The van der Waals surface area contributed by atoms with Crippen LogP contribution in [0.4, 0.5) is 0 Å². The van der Waals surface area contributed by atoms with Crippen molar-refractivity contribution in [2.24, 2.45) is 0 Å². The molecule has 0 aromatic heterocycles. The van der Waals surface area contributed by atoms with Gasteiger partial charge in [0, 0.05) is 6.42 Å². The van der Waals surface area contributed by atoms with Crippen LogP contribution < -0.4 is 5.32 Å². The Balaban J connectivity index is 2.31. The molecule has 9 heteroatoms. The van der Waals surface area contributed by atoms with E-state index >= 15 is 0 Å². The number of hydrogen-bond donors (Lipinski definition) is 6. The summed E-state index contributed by atoms with van der Waals surface area (Å²) < 4.78 is 11.2. The first-order valence-electron chi connectivity index (χ1n) is 21.7. The number of hydrogen-bond acceptors (Lipinski definition) is 8. The van der Waals surface area contributed by atoms with Crippen LogP contribution in [0.15, 0.2) is 72.9 Å². The van der Waals surface area contributed by atoms with Crippen molar-refractivity contribution in [3.63, 3.8) is 0 Å². The third-order valence-corrected chi connectivity index (χ3v) is 9.79. The van der Waals surface area contributed by atoms with Gasteiger partial charge in [0.15, 0.2) is 6.29 Å². The lowest BCUT2D eigenvalue weighted by atomic mass is 9.99. The third kappa shape index (κ3) is 27.0. The highest BCUT2D eigenvalue weighted by atomic mass is 16.7. The summed E-state index contributed by atoms with van der Waals surface area (Å²) in [5.41, 5.74) is 0. The van der Waals surface area contributed by atoms with E-state index in [0.717, 1.165) is 83.5 Å². The SMILES string of the molecule is CC/C=C\C/C=C\C/C=C\C/C=C\C/C=C\CCCCCCCCCC(=O)NC(COC1OC(CO)C(O)C(O)C1O)C(O)/C=C/CCCCCCCCC. The molecule has 1 aliphatic heterocycles. The fourth-order valence-electron chi connectivity index (χ4n) is 6.30. The summed E-state index contributed by atoms with van der Waals surface area (Å²) in [6.45, 7) is 3.59. The number of carbonyl (C=O) groups excluding carboxylic acids is 1. The minimum absolute atomic E-state index is 0.195. The Bertz CT molecular complexity index is 1080. The second-order valence-corrected chi connectivity index (χ2v) is 14.8. The summed E-state index contributed by atoms with van der Waals surface area (Å²) >= 11 is 0. The van der Waals surface area contributed by atoms with Crippen LogP contribution in [0.1, 0.15) is 155 Å². The van der Waals surface area contributed by atoms with Crippen molar-refractivity contribution in [2.75, 3.05) is 13.2 Å².